The van der Waals surface area contributed by atoms with Crippen molar-refractivity contribution in [2.45, 2.75) is 6.92 Å². The monoisotopic (exact) mass is 121 g/mol. The molecule has 0 aromatic rings. The van der Waals surface area contributed by atoms with E-state index in [0.29, 0.717) is 5.75 Å². The third-order valence-electron chi connectivity index (χ3n) is 0.451. The van der Waals surface area contributed by atoms with Gasteiger partial charge in [-0.2, -0.15) is 0 Å². The maximum Gasteiger partial charge on any atom is 0.0393 e. The first-order valence-corrected chi connectivity index (χ1v) is 2.65. The van der Waals surface area contributed by atoms with Gasteiger partial charge in [0.1, 0.15) is 0 Å². The second-order valence-corrected chi connectivity index (χ2v) is 1.65. The lowest BCUT2D eigenvalue weighted by Crippen LogP contribution is -1.65. The summed E-state index contributed by atoms with van der Waals surface area (Å²) in [5.41, 5.74) is 0. The van der Waals surface area contributed by atoms with Gasteiger partial charge in [0.2, 0.25) is 0 Å². The largest absolute Gasteiger partial charge is 0.0886 e. The molecule has 0 amide bonds. The molecule has 0 bridgehead atoms. The maximum atomic E-state index is 5.41. The van der Waals surface area contributed by atoms with E-state index in [-0.39, 0.29) is 0 Å². The predicted octanol–water partition coefficient (Wildman–Crippen LogP) is 2.33. The van der Waals surface area contributed by atoms with Crippen molar-refractivity contribution in [1.29, 1.82) is 0 Å². The number of allylic oxidation sites excluding steroid dienone is 1. The molecule has 0 spiro atoms. The Balaban J connectivity index is 3.22. The molecule has 0 fully saturated rings. The Labute approximate surface area is 48.6 Å². The molecule has 0 saturated carbocycles. The molecular weight excluding hydrogens is 116 g/mol. The van der Waals surface area contributed by atoms with Crippen LogP contribution in [0.1, 0.15) is 6.92 Å². The normalized spacial score (nSPS) is 12.2. The Morgan fingerprint density at radius 2 is 2.50 bits per heavy atom. The van der Waals surface area contributed by atoms with Crippen molar-refractivity contribution in [1.82, 2.24) is 0 Å². The van der Waals surface area contributed by atoms with E-state index >= 15 is 0 Å². The van der Waals surface area contributed by atoms with Gasteiger partial charge in [-0.15, -0.1) is 0 Å². The van der Waals surface area contributed by atoms with Crippen LogP contribution in [0.5, 0.6) is 0 Å². The lowest BCUT2D eigenvalue weighted by molar-refractivity contribution is 1.61. The second kappa shape index (κ2) is 3.57. The van der Waals surface area contributed by atoms with Gasteiger partial charge in [0.05, 0.1) is 0 Å². The third-order valence-corrected chi connectivity index (χ3v) is 1.27. The van der Waals surface area contributed by atoms with Crippen molar-refractivity contribution in [2.24, 2.45) is 0 Å². The van der Waals surface area contributed by atoms with E-state index in [4.69, 9.17) is 11.6 Å². The molecule has 2 heteroatoms. The fourth-order valence-electron chi connectivity index (χ4n) is 0.0833. The zero-order valence-electron chi connectivity index (χ0n) is 3.57. The Bertz CT molecular complexity index is 58.6. The van der Waals surface area contributed by atoms with Crippen LogP contribution < -0.4 is 0 Å². The summed E-state index contributed by atoms with van der Waals surface area (Å²) < 4.78 is 0. The summed E-state index contributed by atoms with van der Waals surface area (Å²) in [4.78, 5) is 0. The summed E-state index contributed by atoms with van der Waals surface area (Å²) in [6.45, 7) is 1.87. The summed E-state index contributed by atoms with van der Waals surface area (Å²) in [6.07, 6.45) is 1.80. The Hall–Kier alpha value is 0.380. The van der Waals surface area contributed by atoms with E-state index in [1.807, 2.05) is 6.92 Å². The molecule has 0 nitrogen and oxygen atoms in total. The minimum Gasteiger partial charge on any atom is -0.0886 e. The molecular formula is C4H6ClS. The van der Waals surface area contributed by atoms with Crippen LogP contribution >= 0.6 is 24.2 Å². The SMILES string of the molecule is C/C=C(\Cl)C[S]. The van der Waals surface area contributed by atoms with E-state index in [1.165, 1.54) is 0 Å². The Morgan fingerprint density at radius 3 is 2.50 bits per heavy atom. The van der Waals surface area contributed by atoms with Crippen LogP contribution in [0.2, 0.25) is 0 Å². The maximum absolute atomic E-state index is 5.41. The molecule has 0 aromatic heterocycles. The lowest BCUT2D eigenvalue weighted by atomic mass is 10.6. The quantitative estimate of drug-likeness (QED) is 0.500. The molecule has 0 aliphatic rings. The van der Waals surface area contributed by atoms with Gasteiger partial charge < -0.3 is 0 Å². The predicted molar refractivity (Wildman–Crippen MR) is 32.1 cm³/mol. The molecule has 0 heterocycles. The van der Waals surface area contributed by atoms with Crippen LogP contribution in [-0.2, 0) is 0 Å². The summed E-state index contributed by atoms with van der Waals surface area (Å²) >= 11 is 9.98. The first-order valence-electron chi connectivity index (χ1n) is 1.70. The second-order valence-electron chi connectivity index (χ2n) is 0.880. The van der Waals surface area contributed by atoms with Crippen LogP contribution in [0, 0.1) is 0 Å². The van der Waals surface area contributed by atoms with Gasteiger partial charge in [0, 0.05) is 10.8 Å². The molecule has 6 heavy (non-hydrogen) atoms. The molecule has 0 atom stereocenters. The standard InChI is InChI=1S/C4H6ClS/c1-2-4(5)3-6/h2H,3H2,1H3/b4-2-. The van der Waals surface area contributed by atoms with Gasteiger partial charge in [-0.1, -0.05) is 30.3 Å². The van der Waals surface area contributed by atoms with Crippen molar-refractivity contribution in [3.63, 3.8) is 0 Å². The molecule has 0 aliphatic carbocycles. The minimum atomic E-state index is 0.540. The zero-order valence-corrected chi connectivity index (χ0v) is 5.14. The average Bonchev–Trinajstić information content (AvgIpc) is 1.65. The van der Waals surface area contributed by atoms with Gasteiger partial charge >= 0.3 is 0 Å². The van der Waals surface area contributed by atoms with Crippen LogP contribution in [-0.4, -0.2) is 5.75 Å². The zero-order chi connectivity index (χ0) is 4.99. The van der Waals surface area contributed by atoms with Gasteiger partial charge in [-0.05, 0) is 6.92 Å². The van der Waals surface area contributed by atoms with E-state index in [1.54, 1.807) is 6.08 Å². The van der Waals surface area contributed by atoms with Crippen molar-refractivity contribution < 1.29 is 0 Å². The van der Waals surface area contributed by atoms with E-state index in [9.17, 15) is 0 Å². The van der Waals surface area contributed by atoms with Gasteiger partial charge in [0.25, 0.3) is 0 Å². The van der Waals surface area contributed by atoms with E-state index in [0.717, 1.165) is 5.03 Å². The Kier molecular flexibility index (Phi) is 3.79. The fourth-order valence-corrected chi connectivity index (χ4v) is 0.250. The summed E-state index contributed by atoms with van der Waals surface area (Å²) in [5, 5.41) is 0.755. The van der Waals surface area contributed by atoms with E-state index < -0.39 is 0 Å². The fraction of sp³-hybridized carbons (Fsp3) is 0.500. The highest BCUT2D eigenvalue weighted by Gasteiger charge is 1.78. The smallest absolute Gasteiger partial charge is 0.0393 e. The summed E-state index contributed by atoms with van der Waals surface area (Å²) in [5.74, 6) is 0.540. The molecule has 0 unspecified atom stereocenters. The third kappa shape index (κ3) is 2.61. The highest BCUT2D eigenvalue weighted by molar-refractivity contribution is 7.80. The molecule has 0 rings (SSSR count). The minimum absolute atomic E-state index is 0.540. The molecule has 0 saturated heterocycles. The molecule has 1 radical (unpaired) electrons. The van der Waals surface area contributed by atoms with Gasteiger partial charge in [-0.3, -0.25) is 0 Å². The topological polar surface area (TPSA) is 0 Å². The van der Waals surface area contributed by atoms with Crippen LogP contribution in [0.3, 0.4) is 0 Å². The lowest BCUT2D eigenvalue weighted by Gasteiger charge is -1.79. The van der Waals surface area contributed by atoms with Crippen molar-refractivity contribution in [3.05, 3.63) is 11.1 Å². The van der Waals surface area contributed by atoms with E-state index in [2.05, 4.69) is 12.6 Å². The molecule has 0 aromatic carbocycles. The van der Waals surface area contributed by atoms with Gasteiger partial charge in [-0.25, -0.2) is 0 Å². The first-order chi connectivity index (χ1) is 2.81. The average molecular weight is 122 g/mol. The van der Waals surface area contributed by atoms with Crippen LogP contribution in [0.25, 0.3) is 0 Å². The van der Waals surface area contributed by atoms with Crippen molar-refractivity contribution >= 4 is 24.2 Å². The van der Waals surface area contributed by atoms with Crippen LogP contribution in [0.4, 0.5) is 0 Å². The number of halogens is 1. The van der Waals surface area contributed by atoms with Crippen molar-refractivity contribution in [2.75, 3.05) is 5.75 Å². The highest BCUT2D eigenvalue weighted by Crippen LogP contribution is 2.00. The number of rotatable bonds is 1. The number of hydrogen-bond donors (Lipinski definition) is 0. The molecule has 35 valence electrons. The molecule has 0 N–H and O–H groups in total. The van der Waals surface area contributed by atoms with Crippen LogP contribution in [0.15, 0.2) is 11.1 Å². The first kappa shape index (κ1) is 6.38. The molecule has 0 aliphatic heterocycles. The number of hydrogen-bond acceptors (Lipinski definition) is 0. The Morgan fingerprint density at radius 1 is 2.00 bits per heavy atom. The summed E-state index contributed by atoms with van der Waals surface area (Å²) in [6, 6.07) is 0. The van der Waals surface area contributed by atoms with Crippen molar-refractivity contribution in [3.8, 4) is 0 Å². The van der Waals surface area contributed by atoms with Gasteiger partial charge in [0.15, 0.2) is 0 Å². The highest BCUT2D eigenvalue weighted by atomic mass is 35.5. The summed E-state index contributed by atoms with van der Waals surface area (Å²) in [7, 11) is 0.